The van der Waals surface area contributed by atoms with E-state index in [0.29, 0.717) is 12.0 Å². The van der Waals surface area contributed by atoms with Gasteiger partial charge in [-0.25, -0.2) is 14.4 Å². The Bertz CT molecular complexity index is 979. The SMILES string of the molecule is CC1CCCN1c1nc(-c2ccc(F)cc2)cc(N2CCC(c3ncc[nH]3)CC2)n1. The van der Waals surface area contributed by atoms with Crippen LogP contribution >= 0.6 is 0 Å². The van der Waals surface area contributed by atoms with Gasteiger partial charge in [0.2, 0.25) is 5.95 Å². The van der Waals surface area contributed by atoms with Gasteiger partial charge < -0.3 is 14.8 Å². The highest BCUT2D eigenvalue weighted by atomic mass is 19.1. The summed E-state index contributed by atoms with van der Waals surface area (Å²) in [5.41, 5.74) is 1.76. The minimum absolute atomic E-state index is 0.235. The van der Waals surface area contributed by atoms with Gasteiger partial charge in [-0.2, -0.15) is 4.98 Å². The third kappa shape index (κ3) is 3.76. The van der Waals surface area contributed by atoms with Crippen molar-refractivity contribution in [1.82, 2.24) is 19.9 Å². The average Bonchev–Trinajstić information content (AvgIpc) is 3.46. The van der Waals surface area contributed by atoms with E-state index in [0.717, 1.165) is 74.2 Å². The number of aromatic nitrogens is 4. The standard InChI is InChI=1S/C23H27FN6/c1-16-3-2-12-30(16)23-27-20(17-4-6-19(24)7-5-17)15-21(28-23)29-13-8-18(9-14-29)22-25-10-11-26-22/h4-7,10-11,15-16,18H,2-3,8-9,12-14H2,1H3,(H,25,26). The third-order valence-corrected chi connectivity index (χ3v) is 6.38. The van der Waals surface area contributed by atoms with E-state index in [1.165, 1.54) is 12.1 Å². The summed E-state index contributed by atoms with van der Waals surface area (Å²) in [7, 11) is 0. The van der Waals surface area contributed by atoms with Crippen molar-refractivity contribution >= 4 is 11.8 Å². The Morgan fingerprint density at radius 2 is 1.83 bits per heavy atom. The zero-order chi connectivity index (χ0) is 20.5. The van der Waals surface area contributed by atoms with Crippen LogP contribution in [-0.4, -0.2) is 45.6 Å². The van der Waals surface area contributed by atoms with Gasteiger partial charge in [0.25, 0.3) is 0 Å². The molecule has 1 unspecified atom stereocenters. The number of imidazole rings is 1. The molecule has 0 aliphatic carbocycles. The van der Waals surface area contributed by atoms with Crippen molar-refractivity contribution in [3.05, 3.63) is 54.4 Å². The number of halogens is 1. The van der Waals surface area contributed by atoms with Gasteiger partial charge in [0.15, 0.2) is 0 Å². The predicted molar refractivity (Wildman–Crippen MR) is 116 cm³/mol. The lowest BCUT2D eigenvalue weighted by Crippen LogP contribution is -2.35. The molecule has 0 amide bonds. The first-order chi connectivity index (χ1) is 14.7. The van der Waals surface area contributed by atoms with E-state index in [9.17, 15) is 4.39 Å². The van der Waals surface area contributed by atoms with Gasteiger partial charge >= 0.3 is 0 Å². The lowest BCUT2D eigenvalue weighted by Gasteiger charge is -2.33. The lowest BCUT2D eigenvalue weighted by molar-refractivity contribution is 0.486. The fourth-order valence-corrected chi connectivity index (χ4v) is 4.59. The summed E-state index contributed by atoms with van der Waals surface area (Å²) in [6.45, 7) is 5.07. The number of benzene rings is 1. The zero-order valence-electron chi connectivity index (χ0n) is 17.3. The Balaban J connectivity index is 1.45. The molecule has 0 spiro atoms. The number of piperidine rings is 1. The number of nitrogens with one attached hydrogen (secondary N) is 1. The summed E-state index contributed by atoms with van der Waals surface area (Å²) in [6.07, 6.45) is 8.12. The number of hydrogen-bond donors (Lipinski definition) is 1. The van der Waals surface area contributed by atoms with Crippen molar-refractivity contribution < 1.29 is 4.39 Å². The van der Waals surface area contributed by atoms with Crippen molar-refractivity contribution in [1.29, 1.82) is 0 Å². The number of rotatable bonds is 4. The van der Waals surface area contributed by atoms with E-state index < -0.39 is 0 Å². The van der Waals surface area contributed by atoms with Crippen LogP contribution in [0.4, 0.5) is 16.2 Å². The largest absolute Gasteiger partial charge is 0.356 e. The van der Waals surface area contributed by atoms with Crippen molar-refractivity contribution in [3.63, 3.8) is 0 Å². The Labute approximate surface area is 176 Å². The van der Waals surface area contributed by atoms with Crippen LogP contribution < -0.4 is 9.80 Å². The molecule has 2 saturated heterocycles. The highest BCUT2D eigenvalue weighted by molar-refractivity contribution is 5.65. The number of anilines is 2. The molecule has 2 fully saturated rings. The average molecular weight is 407 g/mol. The van der Waals surface area contributed by atoms with Gasteiger partial charge in [0, 0.05) is 55.6 Å². The Morgan fingerprint density at radius 3 is 2.50 bits per heavy atom. The molecule has 156 valence electrons. The van der Waals surface area contributed by atoms with Crippen LogP contribution in [0.5, 0.6) is 0 Å². The van der Waals surface area contributed by atoms with Crippen LogP contribution in [-0.2, 0) is 0 Å². The van der Waals surface area contributed by atoms with Crippen molar-refractivity contribution in [2.75, 3.05) is 29.4 Å². The van der Waals surface area contributed by atoms with E-state index in [1.807, 2.05) is 18.5 Å². The fraction of sp³-hybridized carbons (Fsp3) is 0.435. The monoisotopic (exact) mass is 406 g/mol. The van der Waals surface area contributed by atoms with Crippen LogP contribution in [0.15, 0.2) is 42.7 Å². The molecule has 1 aromatic carbocycles. The Morgan fingerprint density at radius 1 is 1.03 bits per heavy atom. The lowest BCUT2D eigenvalue weighted by atomic mass is 9.96. The topological polar surface area (TPSA) is 60.9 Å². The molecule has 2 aromatic heterocycles. The van der Waals surface area contributed by atoms with E-state index in [-0.39, 0.29) is 5.82 Å². The molecule has 2 aliphatic rings. The Kier molecular flexibility index (Phi) is 5.11. The normalized spacial score (nSPS) is 20.1. The molecule has 3 aromatic rings. The molecule has 30 heavy (non-hydrogen) atoms. The molecular weight excluding hydrogens is 379 g/mol. The van der Waals surface area contributed by atoms with Crippen LogP contribution in [0, 0.1) is 5.82 Å². The van der Waals surface area contributed by atoms with E-state index in [1.54, 1.807) is 12.1 Å². The van der Waals surface area contributed by atoms with Crippen molar-refractivity contribution in [2.24, 2.45) is 0 Å². The molecule has 0 radical (unpaired) electrons. The molecule has 6 nitrogen and oxygen atoms in total. The molecule has 1 N–H and O–H groups in total. The minimum atomic E-state index is -0.235. The summed E-state index contributed by atoms with van der Waals surface area (Å²) < 4.78 is 13.4. The van der Waals surface area contributed by atoms with Crippen LogP contribution in [0.3, 0.4) is 0 Å². The highest BCUT2D eigenvalue weighted by Gasteiger charge is 2.27. The second-order valence-electron chi connectivity index (χ2n) is 8.34. The number of aromatic amines is 1. The zero-order valence-corrected chi connectivity index (χ0v) is 17.3. The quantitative estimate of drug-likeness (QED) is 0.697. The van der Waals surface area contributed by atoms with Gasteiger partial charge in [-0.3, -0.25) is 0 Å². The van der Waals surface area contributed by atoms with E-state index in [4.69, 9.17) is 9.97 Å². The fourth-order valence-electron chi connectivity index (χ4n) is 4.59. The van der Waals surface area contributed by atoms with Crippen LogP contribution in [0.1, 0.15) is 44.3 Å². The van der Waals surface area contributed by atoms with Gasteiger partial charge in [0.05, 0.1) is 5.69 Å². The molecule has 2 aliphatic heterocycles. The molecule has 4 heterocycles. The molecule has 5 rings (SSSR count). The Hall–Kier alpha value is -2.96. The first-order valence-corrected chi connectivity index (χ1v) is 10.8. The van der Waals surface area contributed by atoms with Crippen LogP contribution in [0.2, 0.25) is 0 Å². The smallest absolute Gasteiger partial charge is 0.228 e. The summed E-state index contributed by atoms with van der Waals surface area (Å²) in [4.78, 5) is 22.2. The van der Waals surface area contributed by atoms with E-state index >= 15 is 0 Å². The predicted octanol–water partition coefficient (Wildman–Crippen LogP) is 4.38. The highest BCUT2D eigenvalue weighted by Crippen LogP contribution is 2.32. The third-order valence-electron chi connectivity index (χ3n) is 6.38. The number of hydrogen-bond acceptors (Lipinski definition) is 5. The van der Waals surface area contributed by atoms with Gasteiger partial charge in [-0.05, 0) is 56.9 Å². The maximum atomic E-state index is 13.4. The molecule has 7 heteroatoms. The molecule has 0 bridgehead atoms. The van der Waals surface area contributed by atoms with Crippen molar-refractivity contribution in [3.8, 4) is 11.3 Å². The molecule has 0 saturated carbocycles. The van der Waals surface area contributed by atoms with Crippen molar-refractivity contribution in [2.45, 2.75) is 44.6 Å². The first-order valence-electron chi connectivity index (χ1n) is 10.8. The maximum Gasteiger partial charge on any atom is 0.228 e. The second kappa shape index (κ2) is 8.05. The number of nitrogens with zero attached hydrogens (tertiary/aromatic N) is 5. The van der Waals surface area contributed by atoms with Gasteiger partial charge in [0.1, 0.15) is 17.5 Å². The summed E-state index contributed by atoms with van der Waals surface area (Å²) in [5, 5.41) is 0. The van der Waals surface area contributed by atoms with E-state index in [2.05, 4.69) is 26.7 Å². The number of H-pyrrole nitrogens is 1. The summed E-state index contributed by atoms with van der Waals surface area (Å²) in [5.74, 6) is 3.05. The summed E-state index contributed by atoms with van der Waals surface area (Å²) >= 11 is 0. The van der Waals surface area contributed by atoms with Gasteiger partial charge in [-0.15, -0.1) is 0 Å². The molecule has 1 atom stereocenters. The minimum Gasteiger partial charge on any atom is -0.356 e. The maximum absolute atomic E-state index is 13.4. The van der Waals surface area contributed by atoms with Gasteiger partial charge in [-0.1, -0.05) is 0 Å². The van der Waals surface area contributed by atoms with Crippen LogP contribution in [0.25, 0.3) is 11.3 Å². The summed E-state index contributed by atoms with van der Waals surface area (Å²) in [6, 6.07) is 9.05. The second-order valence-corrected chi connectivity index (χ2v) is 8.34. The molecular formula is C23H27FN6. The first kappa shape index (κ1) is 19.0.